The van der Waals surface area contributed by atoms with Gasteiger partial charge in [0.25, 0.3) is 0 Å². The molecular formula is C14H25N3S. The lowest BCUT2D eigenvalue weighted by Crippen LogP contribution is -2.54. The second-order valence-electron chi connectivity index (χ2n) is 5.42. The first kappa shape index (κ1) is 14.0. The van der Waals surface area contributed by atoms with Crippen LogP contribution in [-0.2, 0) is 0 Å². The monoisotopic (exact) mass is 267 g/mol. The van der Waals surface area contributed by atoms with Gasteiger partial charge in [-0.25, -0.2) is 10.4 Å². The molecule has 4 heteroatoms. The average molecular weight is 267 g/mol. The maximum atomic E-state index is 5.96. The highest BCUT2D eigenvalue weighted by Crippen LogP contribution is 2.27. The second kappa shape index (κ2) is 6.15. The minimum absolute atomic E-state index is 0.257. The lowest BCUT2D eigenvalue weighted by Gasteiger charge is -2.41. The molecule has 2 heterocycles. The third kappa shape index (κ3) is 2.94. The summed E-state index contributed by atoms with van der Waals surface area (Å²) in [5.74, 6) is 0. The highest BCUT2D eigenvalue weighted by Gasteiger charge is 2.27. The molecule has 102 valence electrons. The number of piperidine rings is 1. The van der Waals surface area contributed by atoms with E-state index in [0.29, 0.717) is 18.6 Å². The summed E-state index contributed by atoms with van der Waals surface area (Å²) in [7, 11) is 0. The third-order valence-corrected chi connectivity index (χ3v) is 5.08. The molecule has 0 amide bonds. The Bertz CT molecular complexity index is 367. The molecule has 3 nitrogen and oxygen atoms in total. The van der Waals surface area contributed by atoms with Crippen LogP contribution in [-0.4, -0.2) is 23.6 Å². The standard InChI is InChI=1S/C14H25N3S/c1-10-7-8-18-14(10)13(9-15)16-17-11(2)5-4-6-12(17)3/h7-8,11-13,16H,4-6,9,15H2,1-3H3. The van der Waals surface area contributed by atoms with Crippen molar-refractivity contribution in [1.29, 1.82) is 0 Å². The molecule has 0 aliphatic carbocycles. The molecule has 0 saturated carbocycles. The molecule has 0 bridgehead atoms. The molecule has 0 aromatic carbocycles. The fourth-order valence-electron chi connectivity index (χ4n) is 2.82. The predicted octanol–water partition coefficient (Wildman–Crippen LogP) is 2.82. The quantitative estimate of drug-likeness (QED) is 0.881. The Morgan fingerprint density at radius 2 is 2.11 bits per heavy atom. The molecule has 1 aliphatic heterocycles. The predicted molar refractivity (Wildman–Crippen MR) is 78.6 cm³/mol. The van der Waals surface area contributed by atoms with Crippen LogP contribution >= 0.6 is 11.3 Å². The van der Waals surface area contributed by atoms with Gasteiger partial charge >= 0.3 is 0 Å². The van der Waals surface area contributed by atoms with Crippen molar-refractivity contribution in [3.63, 3.8) is 0 Å². The van der Waals surface area contributed by atoms with Crippen LogP contribution in [0.2, 0.25) is 0 Å². The average Bonchev–Trinajstić information content (AvgIpc) is 2.76. The number of nitrogens with two attached hydrogens (primary N) is 1. The van der Waals surface area contributed by atoms with Crippen LogP contribution in [0.15, 0.2) is 11.4 Å². The van der Waals surface area contributed by atoms with Gasteiger partial charge in [-0.1, -0.05) is 6.42 Å². The van der Waals surface area contributed by atoms with Crippen LogP contribution in [0, 0.1) is 6.92 Å². The molecule has 0 radical (unpaired) electrons. The van der Waals surface area contributed by atoms with E-state index >= 15 is 0 Å². The maximum absolute atomic E-state index is 5.96. The molecular weight excluding hydrogens is 242 g/mol. The summed E-state index contributed by atoms with van der Waals surface area (Å²) in [4.78, 5) is 1.38. The van der Waals surface area contributed by atoms with E-state index in [1.54, 1.807) is 11.3 Å². The first-order valence-corrected chi connectivity index (χ1v) is 7.80. The number of hydrogen-bond acceptors (Lipinski definition) is 4. The van der Waals surface area contributed by atoms with Crippen LogP contribution in [0.5, 0.6) is 0 Å². The number of hydrazine groups is 1. The van der Waals surface area contributed by atoms with Gasteiger partial charge in [0, 0.05) is 23.5 Å². The topological polar surface area (TPSA) is 41.3 Å². The Kier molecular flexibility index (Phi) is 4.78. The number of nitrogens with one attached hydrogen (secondary N) is 1. The first-order valence-electron chi connectivity index (χ1n) is 6.92. The van der Waals surface area contributed by atoms with Gasteiger partial charge in [0.2, 0.25) is 0 Å². The van der Waals surface area contributed by atoms with Gasteiger partial charge in [0.05, 0.1) is 6.04 Å². The van der Waals surface area contributed by atoms with Crippen LogP contribution in [0.3, 0.4) is 0 Å². The van der Waals surface area contributed by atoms with Crippen LogP contribution in [0.4, 0.5) is 0 Å². The second-order valence-corrected chi connectivity index (χ2v) is 6.37. The molecule has 1 aromatic heterocycles. The SMILES string of the molecule is Cc1ccsc1C(CN)NN1C(C)CCCC1C. The number of hydrogen-bond donors (Lipinski definition) is 2. The molecule has 1 aliphatic rings. The Labute approximate surface area is 114 Å². The van der Waals surface area contributed by atoms with E-state index < -0.39 is 0 Å². The lowest BCUT2D eigenvalue weighted by atomic mass is 9.99. The fraction of sp³-hybridized carbons (Fsp3) is 0.714. The Morgan fingerprint density at radius 1 is 1.44 bits per heavy atom. The van der Waals surface area contributed by atoms with E-state index in [2.05, 4.69) is 42.7 Å². The zero-order valence-electron chi connectivity index (χ0n) is 11.6. The molecule has 0 spiro atoms. The number of rotatable bonds is 4. The van der Waals surface area contributed by atoms with E-state index in [1.807, 2.05) is 0 Å². The van der Waals surface area contributed by atoms with E-state index in [9.17, 15) is 0 Å². The van der Waals surface area contributed by atoms with E-state index in [1.165, 1.54) is 29.7 Å². The van der Waals surface area contributed by atoms with Crippen molar-refractivity contribution in [3.8, 4) is 0 Å². The molecule has 2 rings (SSSR count). The number of thiophene rings is 1. The van der Waals surface area contributed by atoms with Crippen molar-refractivity contribution < 1.29 is 0 Å². The zero-order valence-corrected chi connectivity index (χ0v) is 12.5. The van der Waals surface area contributed by atoms with E-state index in [-0.39, 0.29) is 6.04 Å². The minimum atomic E-state index is 0.257. The Hall–Kier alpha value is -0.420. The Balaban J connectivity index is 2.08. The summed E-state index contributed by atoms with van der Waals surface area (Å²) in [6, 6.07) is 3.63. The summed E-state index contributed by atoms with van der Waals surface area (Å²) in [6.07, 6.45) is 3.89. The van der Waals surface area contributed by atoms with Gasteiger partial charge in [-0.2, -0.15) is 0 Å². The molecule has 3 atom stereocenters. The highest BCUT2D eigenvalue weighted by molar-refractivity contribution is 7.10. The first-order chi connectivity index (χ1) is 8.63. The lowest BCUT2D eigenvalue weighted by molar-refractivity contribution is 0.0309. The summed E-state index contributed by atoms with van der Waals surface area (Å²) < 4.78 is 0. The fourth-order valence-corrected chi connectivity index (χ4v) is 3.80. The van der Waals surface area contributed by atoms with Crippen molar-refractivity contribution in [2.75, 3.05) is 6.54 Å². The largest absolute Gasteiger partial charge is 0.329 e. The summed E-state index contributed by atoms with van der Waals surface area (Å²) in [5, 5.41) is 4.57. The molecule has 1 saturated heterocycles. The van der Waals surface area contributed by atoms with Gasteiger partial charge in [-0.15, -0.1) is 11.3 Å². The molecule has 3 N–H and O–H groups in total. The minimum Gasteiger partial charge on any atom is -0.329 e. The van der Waals surface area contributed by atoms with Crippen LogP contribution in [0.1, 0.15) is 49.6 Å². The van der Waals surface area contributed by atoms with Gasteiger partial charge in [-0.3, -0.25) is 0 Å². The van der Waals surface area contributed by atoms with Gasteiger partial charge in [-0.05, 0) is 50.6 Å². The van der Waals surface area contributed by atoms with Gasteiger partial charge in [0.1, 0.15) is 0 Å². The van der Waals surface area contributed by atoms with Crippen LogP contribution in [0.25, 0.3) is 0 Å². The van der Waals surface area contributed by atoms with Crippen molar-refractivity contribution in [2.45, 2.75) is 58.2 Å². The summed E-state index contributed by atoms with van der Waals surface area (Å²) in [5.41, 5.74) is 11.0. The summed E-state index contributed by atoms with van der Waals surface area (Å²) in [6.45, 7) is 7.42. The number of aryl methyl sites for hydroxylation is 1. The summed E-state index contributed by atoms with van der Waals surface area (Å²) >= 11 is 1.80. The normalized spacial score (nSPS) is 27.3. The van der Waals surface area contributed by atoms with Crippen LogP contribution < -0.4 is 11.2 Å². The molecule has 1 fully saturated rings. The van der Waals surface area contributed by atoms with E-state index in [0.717, 1.165) is 0 Å². The molecule has 1 aromatic rings. The molecule has 18 heavy (non-hydrogen) atoms. The highest BCUT2D eigenvalue weighted by atomic mass is 32.1. The molecule has 3 unspecified atom stereocenters. The third-order valence-electron chi connectivity index (χ3n) is 3.95. The zero-order chi connectivity index (χ0) is 13.1. The van der Waals surface area contributed by atoms with Gasteiger partial charge in [0.15, 0.2) is 0 Å². The van der Waals surface area contributed by atoms with Crippen molar-refractivity contribution >= 4 is 11.3 Å². The van der Waals surface area contributed by atoms with Crippen molar-refractivity contribution in [1.82, 2.24) is 10.4 Å². The van der Waals surface area contributed by atoms with Crippen molar-refractivity contribution in [2.24, 2.45) is 5.73 Å². The Morgan fingerprint density at radius 3 is 2.61 bits per heavy atom. The smallest absolute Gasteiger partial charge is 0.0682 e. The maximum Gasteiger partial charge on any atom is 0.0682 e. The van der Waals surface area contributed by atoms with Crippen molar-refractivity contribution in [3.05, 3.63) is 21.9 Å². The van der Waals surface area contributed by atoms with E-state index in [4.69, 9.17) is 5.73 Å². The van der Waals surface area contributed by atoms with Gasteiger partial charge < -0.3 is 5.73 Å². The number of nitrogens with zero attached hydrogens (tertiary/aromatic N) is 1.